The Morgan fingerprint density at radius 3 is 2.54 bits per heavy atom. The summed E-state index contributed by atoms with van der Waals surface area (Å²) in [6.45, 7) is 0.608. The molecular formula is C17H14F3N3O3. The third-order valence-corrected chi connectivity index (χ3v) is 3.87. The minimum absolute atomic E-state index is 0.168. The number of imidazole rings is 1. The average Bonchev–Trinajstić information content (AvgIpc) is 3.24. The molecule has 2 heterocycles. The van der Waals surface area contributed by atoms with Gasteiger partial charge in [0.05, 0.1) is 11.9 Å². The van der Waals surface area contributed by atoms with E-state index in [0.29, 0.717) is 30.5 Å². The monoisotopic (exact) mass is 365 g/mol. The van der Waals surface area contributed by atoms with Gasteiger partial charge in [-0.15, -0.1) is 0 Å². The quantitative estimate of drug-likeness (QED) is 0.717. The third-order valence-electron chi connectivity index (χ3n) is 3.87. The molecule has 0 unspecified atom stereocenters. The first kappa shape index (κ1) is 17.7. The van der Waals surface area contributed by atoms with Gasteiger partial charge in [-0.1, -0.05) is 17.3 Å². The molecule has 0 atom stereocenters. The Morgan fingerprint density at radius 2 is 1.96 bits per heavy atom. The van der Waals surface area contributed by atoms with Gasteiger partial charge in [0.25, 0.3) is 0 Å². The summed E-state index contributed by atoms with van der Waals surface area (Å²) in [6, 6.07) is 4.34. The Bertz CT molecular complexity index is 884. The van der Waals surface area contributed by atoms with Crippen LogP contribution >= 0.6 is 0 Å². The maximum absolute atomic E-state index is 12.7. The lowest BCUT2D eigenvalue weighted by molar-refractivity contribution is -0.137. The maximum Gasteiger partial charge on any atom is 0.416 e. The molecule has 0 aliphatic heterocycles. The van der Waals surface area contributed by atoms with Crippen molar-refractivity contribution >= 4 is 5.97 Å². The molecule has 0 spiro atoms. The highest BCUT2D eigenvalue weighted by atomic mass is 19.4. The number of aryl methyl sites for hydroxylation is 1. The van der Waals surface area contributed by atoms with Gasteiger partial charge in [0.1, 0.15) is 0 Å². The van der Waals surface area contributed by atoms with Gasteiger partial charge < -0.3 is 14.2 Å². The number of benzene rings is 1. The molecule has 0 aliphatic carbocycles. The van der Waals surface area contributed by atoms with Crippen molar-refractivity contribution in [2.45, 2.75) is 25.6 Å². The fourth-order valence-electron chi connectivity index (χ4n) is 2.60. The fourth-order valence-corrected chi connectivity index (χ4v) is 2.60. The molecule has 0 bridgehead atoms. The molecule has 3 aromatic rings. The summed E-state index contributed by atoms with van der Waals surface area (Å²) in [7, 11) is 0. The number of hydrogen-bond donors (Lipinski definition) is 1. The number of aromatic nitrogens is 3. The van der Waals surface area contributed by atoms with Crippen LogP contribution in [0.5, 0.6) is 0 Å². The summed E-state index contributed by atoms with van der Waals surface area (Å²) < 4.78 is 45.0. The number of carbonyl (C=O) groups is 1. The van der Waals surface area contributed by atoms with Crippen LogP contribution in [0.15, 0.2) is 47.5 Å². The van der Waals surface area contributed by atoms with E-state index in [1.165, 1.54) is 12.1 Å². The van der Waals surface area contributed by atoms with Crippen molar-refractivity contribution < 1.29 is 27.6 Å². The van der Waals surface area contributed by atoms with Gasteiger partial charge in [0, 0.05) is 30.1 Å². The summed E-state index contributed by atoms with van der Waals surface area (Å²) in [5, 5.41) is 12.8. The lowest BCUT2D eigenvalue weighted by Gasteiger charge is -2.07. The van der Waals surface area contributed by atoms with Gasteiger partial charge in [-0.3, -0.25) is 0 Å². The molecule has 1 aromatic carbocycles. The number of aromatic carboxylic acids is 1. The molecule has 0 fully saturated rings. The van der Waals surface area contributed by atoms with Crippen LogP contribution in [0.3, 0.4) is 0 Å². The summed E-state index contributed by atoms with van der Waals surface area (Å²) in [5.41, 5.74) is -0.320. The molecule has 6 nitrogen and oxygen atoms in total. The highest BCUT2D eigenvalue weighted by molar-refractivity contribution is 5.89. The highest BCUT2D eigenvalue weighted by Gasteiger charge is 2.30. The maximum atomic E-state index is 12.7. The number of carboxylic acid groups (broad SMARTS) is 1. The average molecular weight is 365 g/mol. The van der Waals surface area contributed by atoms with Crippen molar-refractivity contribution in [2.24, 2.45) is 0 Å². The molecule has 9 heteroatoms. The number of halogens is 3. The number of hydrogen-bond acceptors (Lipinski definition) is 4. The zero-order valence-corrected chi connectivity index (χ0v) is 13.4. The third kappa shape index (κ3) is 3.76. The van der Waals surface area contributed by atoms with Crippen molar-refractivity contribution in [3.63, 3.8) is 0 Å². The first-order valence-electron chi connectivity index (χ1n) is 7.71. The van der Waals surface area contributed by atoms with E-state index in [4.69, 9.17) is 4.52 Å². The van der Waals surface area contributed by atoms with Gasteiger partial charge in [-0.2, -0.15) is 13.2 Å². The molecule has 2 aromatic heterocycles. The molecule has 3 rings (SSSR count). The predicted molar refractivity (Wildman–Crippen MR) is 84.4 cm³/mol. The molecule has 0 aliphatic rings. The number of nitrogens with zero attached hydrogens (tertiary/aromatic N) is 3. The summed E-state index contributed by atoms with van der Waals surface area (Å²) >= 11 is 0. The lowest BCUT2D eigenvalue weighted by Crippen LogP contribution is -2.05. The number of alkyl halides is 3. The normalized spacial score (nSPS) is 11.7. The second kappa shape index (κ2) is 7.03. The number of rotatable bonds is 6. The second-order valence-electron chi connectivity index (χ2n) is 5.62. The predicted octanol–water partition coefficient (Wildman–Crippen LogP) is 3.89. The molecule has 0 radical (unpaired) electrons. The van der Waals surface area contributed by atoms with Gasteiger partial charge in [0.2, 0.25) is 0 Å². The smallest absolute Gasteiger partial charge is 0.416 e. The van der Waals surface area contributed by atoms with Crippen molar-refractivity contribution in [1.29, 1.82) is 0 Å². The molecule has 26 heavy (non-hydrogen) atoms. The van der Waals surface area contributed by atoms with Crippen LogP contribution in [0.4, 0.5) is 13.2 Å². The van der Waals surface area contributed by atoms with Crippen molar-refractivity contribution in [1.82, 2.24) is 14.7 Å². The van der Waals surface area contributed by atoms with Crippen molar-refractivity contribution in [3.05, 3.63) is 59.8 Å². The highest BCUT2D eigenvalue weighted by Crippen LogP contribution is 2.33. The van der Waals surface area contributed by atoms with Crippen LogP contribution < -0.4 is 0 Å². The van der Waals surface area contributed by atoms with E-state index in [1.54, 1.807) is 18.7 Å². The molecule has 0 saturated carbocycles. The Balaban J connectivity index is 1.85. The topological polar surface area (TPSA) is 81.1 Å². The Kier molecular flexibility index (Phi) is 4.79. The minimum Gasteiger partial charge on any atom is -0.476 e. The van der Waals surface area contributed by atoms with E-state index >= 15 is 0 Å². The van der Waals surface area contributed by atoms with Gasteiger partial charge in [0.15, 0.2) is 11.5 Å². The van der Waals surface area contributed by atoms with E-state index in [1.807, 2.05) is 4.57 Å². The standard InChI is InChI=1S/C17H14F3N3O3/c18-17(19,20)12-5-3-11(4-6-12)15-13(14(16(24)25)22-26-15)2-1-8-23-9-7-21-10-23/h3-7,9-10H,1-2,8H2,(H,24,25). The van der Waals surface area contributed by atoms with Crippen LogP contribution in [0, 0.1) is 0 Å². The summed E-state index contributed by atoms with van der Waals surface area (Å²) in [4.78, 5) is 15.3. The van der Waals surface area contributed by atoms with E-state index in [9.17, 15) is 23.1 Å². The van der Waals surface area contributed by atoms with E-state index in [-0.39, 0.29) is 11.5 Å². The van der Waals surface area contributed by atoms with Crippen LogP contribution in [-0.2, 0) is 19.1 Å². The molecule has 0 amide bonds. The first-order valence-corrected chi connectivity index (χ1v) is 7.71. The van der Waals surface area contributed by atoms with E-state index < -0.39 is 17.7 Å². The zero-order chi connectivity index (χ0) is 18.7. The van der Waals surface area contributed by atoms with Crippen LogP contribution in [0.2, 0.25) is 0 Å². The number of carboxylic acids is 1. The summed E-state index contributed by atoms with van der Waals surface area (Å²) in [6.07, 6.45) is 1.55. The van der Waals surface area contributed by atoms with Gasteiger partial charge >= 0.3 is 12.1 Å². The lowest BCUT2D eigenvalue weighted by atomic mass is 10.0. The van der Waals surface area contributed by atoms with Crippen LogP contribution in [-0.4, -0.2) is 25.8 Å². The molecule has 0 saturated heterocycles. The Labute approximate surface area is 145 Å². The fraction of sp³-hybridized carbons (Fsp3) is 0.235. The van der Waals surface area contributed by atoms with Gasteiger partial charge in [-0.25, -0.2) is 9.78 Å². The van der Waals surface area contributed by atoms with E-state index in [0.717, 1.165) is 12.1 Å². The zero-order valence-electron chi connectivity index (χ0n) is 13.4. The molecular weight excluding hydrogens is 351 g/mol. The first-order chi connectivity index (χ1) is 12.4. The Hall–Kier alpha value is -3.10. The Morgan fingerprint density at radius 1 is 1.23 bits per heavy atom. The van der Waals surface area contributed by atoms with Crippen LogP contribution in [0.25, 0.3) is 11.3 Å². The van der Waals surface area contributed by atoms with Crippen LogP contribution in [0.1, 0.15) is 28.0 Å². The minimum atomic E-state index is -4.44. The molecule has 136 valence electrons. The summed E-state index contributed by atoms with van der Waals surface area (Å²) in [5.74, 6) is -1.08. The van der Waals surface area contributed by atoms with Crippen molar-refractivity contribution in [3.8, 4) is 11.3 Å². The van der Waals surface area contributed by atoms with E-state index in [2.05, 4.69) is 10.1 Å². The molecule has 1 N–H and O–H groups in total. The largest absolute Gasteiger partial charge is 0.476 e. The van der Waals surface area contributed by atoms with Gasteiger partial charge in [-0.05, 0) is 25.0 Å². The second-order valence-corrected chi connectivity index (χ2v) is 5.62. The van der Waals surface area contributed by atoms with Crippen molar-refractivity contribution in [2.75, 3.05) is 0 Å². The SMILES string of the molecule is O=C(O)c1noc(-c2ccc(C(F)(F)F)cc2)c1CCCn1ccnc1.